The van der Waals surface area contributed by atoms with Gasteiger partial charge in [0.2, 0.25) is 0 Å². The number of thiophene rings is 1. The summed E-state index contributed by atoms with van der Waals surface area (Å²) in [6, 6.07) is 4.08. The van der Waals surface area contributed by atoms with Crippen LogP contribution in [0.3, 0.4) is 0 Å². The largest absolute Gasteiger partial charge is 0.298 e. The molecule has 2 aromatic rings. The molecule has 1 saturated heterocycles. The van der Waals surface area contributed by atoms with Gasteiger partial charge in [-0.3, -0.25) is 10.00 Å². The Morgan fingerprint density at radius 2 is 2.22 bits per heavy atom. The summed E-state index contributed by atoms with van der Waals surface area (Å²) in [6.07, 6.45) is 4.24. The highest BCUT2D eigenvalue weighted by Crippen LogP contribution is 2.29. The standard InChI is InChI=1S/C13H16ClN3S/c14-11-4-8-18-13(11)9-17-6-2-10(3-7-17)12-1-5-15-16-12/h1,4-5,8,10H,2-3,6-7,9H2,(H,15,16). The highest BCUT2D eigenvalue weighted by atomic mass is 35.5. The summed E-state index contributed by atoms with van der Waals surface area (Å²) in [7, 11) is 0. The Kier molecular flexibility index (Phi) is 3.68. The van der Waals surface area contributed by atoms with E-state index in [1.807, 2.05) is 12.3 Å². The van der Waals surface area contributed by atoms with Crippen molar-refractivity contribution in [2.24, 2.45) is 0 Å². The molecule has 0 aliphatic carbocycles. The van der Waals surface area contributed by atoms with Crippen LogP contribution in [0, 0.1) is 0 Å². The van der Waals surface area contributed by atoms with E-state index in [4.69, 9.17) is 11.6 Å². The smallest absolute Gasteiger partial charge is 0.0558 e. The van der Waals surface area contributed by atoms with E-state index in [1.165, 1.54) is 23.4 Å². The Morgan fingerprint density at radius 3 is 2.83 bits per heavy atom. The van der Waals surface area contributed by atoms with E-state index in [9.17, 15) is 0 Å². The maximum absolute atomic E-state index is 6.14. The number of aromatic amines is 1. The van der Waals surface area contributed by atoms with Crippen LogP contribution in [0.2, 0.25) is 5.02 Å². The summed E-state index contributed by atoms with van der Waals surface area (Å²) in [4.78, 5) is 3.78. The quantitative estimate of drug-likeness (QED) is 0.934. The second kappa shape index (κ2) is 5.43. The molecule has 18 heavy (non-hydrogen) atoms. The van der Waals surface area contributed by atoms with E-state index in [1.54, 1.807) is 11.3 Å². The lowest BCUT2D eigenvalue weighted by Gasteiger charge is -2.31. The van der Waals surface area contributed by atoms with Crippen molar-refractivity contribution in [3.05, 3.63) is 39.3 Å². The second-order valence-electron chi connectivity index (χ2n) is 4.75. The van der Waals surface area contributed by atoms with Gasteiger partial charge in [-0.15, -0.1) is 11.3 Å². The molecule has 1 aliphatic heterocycles. The normalized spacial score (nSPS) is 18.3. The zero-order valence-corrected chi connectivity index (χ0v) is 11.7. The fourth-order valence-electron chi connectivity index (χ4n) is 2.54. The fraction of sp³-hybridized carbons (Fsp3) is 0.462. The van der Waals surface area contributed by atoms with Gasteiger partial charge in [-0.05, 0) is 43.4 Å². The SMILES string of the molecule is Clc1ccsc1CN1CCC(c2ccn[nH]2)CC1. The van der Waals surface area contributed by atoms with Crippen molar-refractivity contribution in [3.8, 4) is 0 Å². The van der Waals surface area contributed by atoms with Crippen LogP contribution in [0.25, 0.3) is 0 Å². The summed E-state index contributed by atoms with van der Waals surface area (Å²) in [5.74, 6) is 0.641. The van der Waals surface area contributed by atoms with Crippen LogP contribution in [0.1, 0.15) is 29.3 Å². The summed E-state index contributed by atoms with van der Waals surface area (Å²) < 4.78 is 0. The van der Waals surface area contributed by atoms with Crippen molar-refractivity contribution in [2.75, 3.05) is 13.1 Å². The number of halogens is 1. The first kappa shape index (κ1) is 12.2. The van der Waals surface area contributed by atoms with E-state index >= 15 is 0 Å². The fourth-order valence-corrected chi connectivity index (χ4v) is 3.67. The van der Waals surface area contributed by atoms with E-state index in [0.29, 0.717) is 5.92 Å². The average Bonchev–Trinajstić information content (AvgIpc) is 3.03. The summed E-state index contributed by atoms with van der Waals surface area (Å²) in [5, 5.41) is 10.1. The first-order valence-electron chi connectivity index (χ1n) is 6.26. The highest BCUT2D eigenvalue weighted by Gasteiger charge is 2.22. The van der Waals surface area contributed by atoms with Gasteiger partial charge < -0.3 is 0 Å². The number of hydrogen-bond acceptors (Lipinski definition) is 3. The third-order valence-corrected chi connectivity index (χ3v) is 4.98. The minimum absolute atomic E-state index is 0.641. The van der Waals surface area contributed by atoms with E-state index in [0.717, 1.165) is 24.7 Å². The van der Waals surface area contributed by atoms with Crippen molar-refractivity contribution < 1.29 is 0 Å². The van der Waals surface area contributed by atoms with Crippen molar-refractivity contribution in [3.63, 3.8) is 0 Å². The van der Waals surface area contributed by atoms with Crippen LogP contribution in [0.15, 0.2) is 23.7 Å². The van der Waals surface area contributed by atoms with Gasteiger partial charge in [0, 0.05) is 29.2 Å². The number of nitrogens with zero attached hydrogens (tertiary/aromatic N) is 2. The molecule has 0 unspecified atom stereocenters. The Bertz CT molecular complexity index is 486. The molecule has 0 bridgehead atoms. The lowest BCUT2D eigenvalue weighted by Crippen LogP contribution is -2.32. The van der Waals surface area contributed by atoms with Gasteiger partial charge in [-0.1, -0.05) is 11.6 Å². The van der Waals surface area contributed by atoms with Crippen molar-refractivity contribution in [1.82, 2.24) is 15.1 Å². The number of likely N-dealkylation sites (tertiary alicyclic amines) is 1. The molecule has 5 heteroatoms. The highest BCUT2D eigenvalue weighted by molar-refractivity contribution is 7.10. The lowest BCUT2D eigenvalue weighted by molar-refractivity contribution is 0.205. The second-order valence-corrected chi connectivity index (χ2v) is 6.16. The Labute approximate surface area is 116 Å². The lowest BCUT2D eigenvalue weighted by atomic mass is 9.94. The molecule has 96 valence electrons. The van der Waals surface area contributed by atoms with Gasteiger partial charge in [0.25, 0.3) is 0 Å². The van der Waals surface area contributed by atoms with E-state index in [-0.39, 0.29) is 0 Å². The third kappa shape index (κ3) is 2.60. The van der Waals surface area contributed by atoms with Gasteiger partial charge in [0.1, 0.15) is 0 Å². The average molecular weight is 282 g/mol. The van der Waals surface area contributed by atoms with Crippen LogP contribution >= 0.6 is 22.9 Å². The van der Waals surface area contributed by atoms with Crippen molar-refractivity contribution in [1.29, 1.82) is 0 Å². The number of piperidine rings is 1. The number of H-pyrrole nitrogens is 1. The molecule has 3 heterocycles. The van der Waals surface area contributed by atoms with Crippen LogP contribution in [0.5, 0.6) is 0 Å². The monoisotopic (exact) mass is 281 g/mol. The summed E-state index contributed by atoms with van der Waals surface area (Å²) in [6.45, 7) is 3.27. The molecule has 0 amide bonds. The molecule has 2 aromatic heterocycles. The minimum atomic E-state index is 0.641. The van der Waals surface area contributed by atoms with E-state index in [2.05, 4.69) is 26.5 Å². The topological polar surface area (TPSA) is 31.9 Å². The maximum Gasteiger partial charge on any atom is 0.0558 e. The molecule has 0 spiro atoms. The first-order chi connectivity index (χ1) is 8.83. The van der Waals surface area contributed by atoms with E-state index < -0.39 is 0 Å². The van der Waals surface area contributed by atoms with Crippen LogP contribution in [-0.2, 0) is 6.54 Å². The van der Waals surface area contributed by atoms with Gasteiger partial charge in [0.15, 0.2) is 0 Å². The van der Waals surface area contributed by atoms with Crippen molar-refractivity contribution >= 4 is 22.9 Å². The molecule has 0 radical (unpaired) electrons. The molecular formula is C13H16ClN3S. The zero-order chi connectivity index (χ0) is 12.4. The zero-order valence-electron chi connectivity index (χ0n) is 10.1. The predicted molar refractivity (Wildman–Crippen MR) is 75.2 cm³/mol. The van der Waals surface area contributed by atoms with Gasteiger partial charge >= 0.3 is 0 Å². The Balaban J connectivity index is 1.56. The summed E-state index contributed by atoms with van der Waals surface area (Å²) >= 11 is 7.89. The number of nitrogens with one attached hydrogen (secondary N) is 1. The molecule has 0 saturated carbocycles. The Hall–Kier alpha value is -0.840. The molecule has 0 aromatic carbocycles. The molecular weight excluding hydrogens is 266 g/mol. The van der Waals surface area contributed by atoms with Gasteiger partial charge in [-0.25, -0.2) is 0 Å². The molecule has 1 fully saturated rings. The van der Waals surface area contributed by atoms with Crippen molar-refractivity contribution in [2.45, 2.75) is 25.3 Å². The molecule has 3 nitrogen and oxygen atoms in total. The molecule has 0 atom stereocenters. The first-order valence-corrected chi connectivity index (χ1v) is 7.52. The van der Waals surface area contributed by atoms with Crippen LogP contribution in [0.4, 0.5) is 0 Å². The number of hydrogen-bond donors (Lipinski definition) is 1. The minimum Gasteiger partial charge on any atom is -0.298 e. The summed E-state index contributed by atoms with van der Waals surface area (Å²) in [5.41, 5.74) is 1.28. The van der Waals surface area contributed by atoms with Gasteiger partial charge in [0.05, 0.1) is 5.02 Å². The number of rotatable bonds is 3. The maximum atomic E-state index is 6.14. The third-order valence-electron chi connectivity index (χ3n) is 3.61. The number of aromatic nitrogens is 2. The Morgan fingerprint density at radius 1 is 1.39 bits per heavy atom. The molecule has 1 N–H and O–H groups in total. The van der Waals surface area contributed by atoms with Gasteiger partial charge in [-0.2, -0.15) is 5.10 Å². The molecule has 1 aliphatic rings. The van der Waals surface area contributed by atoms with Crippen LogP contribution in [-0.4, -0.2) is 28.2 Å². The molecule has 3 rings (SSSR count). The van der Waals surface area contributed by atoms with Crippen LogP contribution < -0.4 is 0 Å². The predicted octanol–water partition coefficient (Wildman–Crippen LogP) is 3.50.